The van der Waals surface area contributed by atoms with Gasteiger partial charge in [-0.25, -0.2) is 9.59 Å². The number of phenolic OH excluding ortho intramolecular Hbond substituents is 2. The van der Waals surface area contributed by atoms with E-state index in [1.807, 2.05) is 0 Å². The summed E-state index contributed by atoms with van der Waals surface area (Å²) in [7, 11) is 0. The number of carbonyl (C=O) groups is 5. The molecule has 1 aliphatic rings. The van der Waals surface area contributed by atoms with Gasteiger partial charge in [0.15, 0.2) is 0 Å². The van der Waals surface area contributed by atoms with Gasteiger partial charge in [0, 0.05) is 19.4 Å². The second-order valence-electron chi connectivity index (χ2n) is 13.4. The number of ether oxygens (including phenoxy) is 2. The highest BCUT2D eigenvalue weighted by Gasteiger charge is 2.31. The topological polar surface area (TPSA) is 218 Å². The first-order chi connectivity index (χ1) is 21.8. The molecule has 0 aromatic heterocycles. The molecule has 0 saturated carbocycles. The normalized spacial score (nSPS) is 18.8. The number of carbonyl (C=O) groups excluding carboxylic acids is 5. The Morgan fingerprint density at radius 2 is 1.36 bits per heavy atom. The number of hydrogen-bond donors (Lipinski definition) is 7. The Labute approximate surface area is 273 Å². The maximum absolute atomic E-state index is 13.8. The van der Waals surface area contributed by atoms with Crippen LogP contribution < -0.4 is 27.0 Å². The van der Waals surface area contributed by atoms with Crippen LogP contribution in [0, 0.1) is 0 Å². The molecule has 0 unspecified atom stereocenters. The van der Waals surface area contributed by atoms with Crippen molar-refractivity contribution >= 4 is 29.9 Å². The van der Waals surface area contributed by atoms with Gasteiger partial charge in [0.2, 0.25) is 17.7 Å². The number of primary amides is 1. The van der Waals surface area contributed by atoms with Crippen LogP contribution in [0.3, 0.4) is 0 Å². The second kappa shape index (κ2) is 15.1. The summed E-state index contributed by atoms with van der Waals surface area (Å²) in [5, 5.41) is 31.7. The first-order valence-corrected chi connectivity index (χ1v) is 15.3. The van der Waals surface area contributed by atoms with Gasteiger partial charge < -0.3 is 46.7 Å². The summed E-state index contributed by atoms with van der Waals surface area (Å²) in [6, 6.07) is 5.59. The minimum absolute atomic E-state index is 0.000515. The molecule has 5 amide bonds. The van der Waals surface area contributed by atoms with Crippen LogP contribution in [0.5, 0.6) is 11.5 Å². The van der Waals surface area contributed by atoms with Crippen LogP contribution in [-0.4, -0.2) is 76.0 Å². The molecular weight excluding hydrogens is 610 g/mol. The van der Waals surface area contributed by atoms with Crippen LogP contribution in [0.4, 0.5) is 9.59 Å². The lowest BCUT2D eigenvalue weighted by Gasteiger charge is -2.26. The number of alkyl carbamates (subject to hydrolysis) is 2. The van der Waals surface area contributed by atoms with Gasteiger partial charge in [-0.3, -0.25) is 14.4 Å². The van der Waals surface area contributed by atoms with E-state index in [2.05, 4.69) is 21.3 Å². The predicted molar refractivity (Wildman–Crippen MR) is 172 cm³/mol. The van der Waals surface area contributed by atoms with Crippen molar-refractivity contribution in [2.75, 3.05) is 6.54 Å². The molecule has 3 rings (SSSR count). The van der Waals surface area contributed by atoms with E-state index in [4.69, 9.17) is 15.2 Å². The van der Waals surface area contributed by atoms with E-state index >= 15 is 0 Å². The van der Waals surface area contributed by atoms with Gasteiger partial charge in [-0.15, -0.1) is 0 Å². The van der Waals surface area contributed by atoms with Crippen LogP contribution >= 0.6 is 0 Å². The Morgan fingerprint density at radius 1 is 0.830 bits per heavy atom. The summed E-state index contributed by atoms with van der Waals surface area (Å²) in [5.41, 5.74) is 5.89. The summed E-state index contributed by atoms with van der Waals surface area (Å²) in [6.45, 7) is 10.2. The lowest BCUT2D eigenvalue weighted by atomic mass is 9.95. The average molecular weight is 656 g/mol. The summed E-state index contributed by atoms with van der Waals surface area (Å²) in [4.78, 5) is 64.8. The highest BCUT2D eigenvalue weighted by atomic mass is 16.6. The number of benzene rings is 2. The molecule has 8 N–H and O–H groups in total. The third kappa shape index (κ3) is 11.4. The van der Waals surface area contributed by atoms with Crippen LogP contribution in [0.2, 0.25) is 0 Å². The Hall–Kier alpha value is -5.01. The third-order valence-corrected chi connectivity index (χ3v) is 6.98. The number of phenols is 2. The maximum Gasteiger partial charge on any atom is 0.408 e. The number of nitrogens with one attached hydrogen (secondary N) is 4. The molecule has 256 valence electrons. The Bertz CT molecular complexity index is 1500. The summed E-state index contributed by atoms with van der Waals surface area (Å²) < 4.78 is 10.6. The first-order valence-electron chi connectivity index (χ1n) is 15.3. The summed E-state index contributed by atoms with van der Waals surface area (Å²) >= 11 is 0. The lowest BCUT2D eigenvalue weighted by Crippen LogP contribution is -2.57. The zero-order chi connectivity index (χ0) is 35.1. The molecule has 0 aliphatic carbocycles. The minimum Gasteiger partial charge on any atom is -0.508 e. The fraction of sp³-hybridized carbons (Fsp3) is 0.485. The van der Waals surface area contributed by atoms with Crippen molar-refractivity contribution in [2.24, 2.45) is 5.73 Å². The molecule has 3 atom stereocenters. The van der Waals surface area contributed by atoms with Gasteiger partial charge in [-0.05, 0) is 101 Å². The molecule has 0 spiro atoms. The van der Waals surface area contributed by atoms with Gasteiger partial charge in [0.1, 0.15) is 40.8 Å². The van der Waals surface area contributed by atoms with Crippen molar-refractivity contribution in [1.29, 1.82) is 0 Å². The van der Waals surface area contributed by atoms with Crippen LogP contribution in [-0.2, 0) is 36.7 Å². The van der Waals surface area contributed by atoms with E-state index < -0.39 is 59.2 Å². The minimum atomic E-state index is -1.31. The van der Waals surface area contributed by atoms with Crippen LogP contribution in [0.1, 0.15) is 65.5 Å². The molecule has 14 heteroatoms. The van der Waals surface area contributed by atoms with Gasteiger partial charge in [-0.2, -0.15) is 0 Å². The van der Waals surface area contributed by atoms with E-state index in [0.717, 1.165) is 0 Å². The molecule has 4 bridgehead atoms. The fourth-order valence-corrected chi connectivity index (χ4v) is 4.80. The lowest BCUT2D eigenvalue weighted by molar-refractivity contribution is -0.132. The van der Waals surface area contributed by atoms with E-state index in [1.54, 1.807) is 65.8 Å². The van der Waals surface area contributed by atoms with Gasteiger partial charge >= 0.3 is 12.2 Å². The number of aromatic hydroxyl groups is 2. The van der Waals surface area contributed by atoms with E-state index in [-0.39, 0.29) is 43.7 Å². The molecule has 2 aromatic carbocycles. The predicted octanol–water partition coefficient (Wildman–Crippen LogP) is 2.52. The second-order valence-corrected chi connectivity index (χ2v) is 13.4. The van der Waals surface area contributed by atoms with Crippen LogP contribution in [0.25, 0.3) is 11.1 Å². The number of amides is 5. The van der Waals surface area contributed by atoms with Crippen molar-refractivity contribution in [3.8, 4) is 22.6 Å². The summed E-state index contributed by atoms with van der Waals surface area (Å²) in [6.07, 6.45) is -1.70. The smallest absolute Gasteiger partial charge is 0.408 e. The Kier molecular flexibility index (Phi) is 11.7. The van der Waals surface area contributed by atoms with Crippen molar-refractivity contribution < 1.29 is 43.7 Å². The Balaban J connectivity index is 2.01. The van der Waals surface area contributed by atoms with E-state index in [1.165, 1.54) is 12.1 Å². The molecule has 47 heavy (non-hydrogen) atoms. The van der Waals surface area contributed by atoms with Crippen LogP contribution in [0.15, 0.2) is 36.4 Å². The standard InChI is InChI=1S/C33H45N5O9/c1-32(2,3)46-30(44)35-13-7-8-22-28(42)37-23(27(34)41)16-20-14-18(9-11-25(20)39)19-10-12-26(40)21(15-19)17-24(29(43)36-22)38-31(45)47-33(4,5)6/h9-12,14-15,22-24,39-40H,7-8,13,16-17H2,1-6H3,(H2,34,41)(H,35,44)(H,36,43)(H,37,42)(H,38,45)/t22-,23-,24-/m0/s1. The first kappa shape index (κ1) is 36.5. The van der Waals surface area contributed by atoms with Crippen molar-refractivity contribution in [1.82, 2.24) is 21.3 Å². The van der Waals surface area contributed by atoms with Gasteiger partial charge in [0.25, 0.3) is 0 Å². The fourth-order valence-electron chi connectivity index (χ4n) is 4.80. The monoisotopic (exact) mass is 655 g/mol. The quantitative estimate of drug-likeness (QED) is 0.227. The van der Waals surface area contributed by atoms with Gasteiger partial charge in [0.05, 0.1) is 0 Å². The molecule has 1 aliphatic heterocycles. The van der Waals surface area contributed by atoms with Crippen molar-refractivity contribution in [3.63, 3.8) is 0 Å². The van der Waals surface area contributed by atoms with E-state index in [9.17, 15) is 34.2 Å². The molecular formula is C33H45N5O9. The number of hydrogen-bond acceptors (Lipinski definition) is 9. The zero-order valence-corrected chi connectivity index (χ0v) is 27.6. The maximum atomic E-state index is 13.8. The molecule has 14 nitrogen and oxygen atoms in total. The largest absolute Gasteiger partial charge is 0.508 e. The summed E-state index contributed by atoms with van der Waals surface area (Å²) in [5.74, 6) is -2.68. The molecule has 0 saturated heterocycles. The Morgan fingerprint density at radius 3 is 1.89 bits per heavy atom. The molecule has 1 heterocycles. The average Bonchev–Trinajstić information content (AvgIpc) is 2.93. The molecule has 2 aromatic rings. The number of rotatable bonds is 6. The van der Waals surface area contributed by atoms with Gasteiger partial charge in [-0.1, -0.05) is 12.1 Å². The van der Waals surface area contributed by atoms with E-state index in [0.29, 0.717) is 22.3 Å². The van der Waals surface area contributed by atoms with Crippen molar-refractivity contribution in [3.05, 3.63) is 47.5 Å². The number of nitrogens with two attached hydrogens (primary N) is 1. The zero-order valence-electron chi connectivity index (χ0n) is 27.6. The highest BCUT2D eigenvalue weighted by Crippen LogP contribution is 2.31. The van der Waals surface area contributed by atoms with Crippen molar-refractivity contribution in [2.45, 2.75) is 96.6 Å². The molecule has 0 radical (unpaired) electrons. The third-order valence-electron chi connectivity index (χ3n) is 6.98. The highest BCUT2D eigenvalue weighted by molar-refractivity contribution is 5.94. The SMILES string of the molecule is CC(C)(C)OC(=O)NCCC[C@@H]1NC(=O)[C@@H](NC(=O)OC(C)(C)C)Cc2cc(ccc2O)-c2ccc(O)c(c2)C[C@@H](C(N)=O)NC1=O. The number of fused-ring (bicyclic) bond motifs is 5. The molecule has 0 fully saturated rings.